The average molecular weight is 410 g/mol. The SMILES string of the molecule is N=C(/C=C(\N)c1ccc(Cl)cc1)Oc1c(Cl)cc(C(F)(F)F)cc1Cl. The van der Waals surface area contributed by atoms with Gasteiger partial charge in [-0.05, 0) is 29.8 Å². The molecule has 9 heteroatoms. The van der Waals surface area contributed by atoms with Crippen molar-refractivity contribution in [1.82, 2.24) is 0 Å². The number of nitrogens with one attached hydrogen (secondary N) is 1. The normalized spacial score (nSPS) is 12.2. The number of ether oxygens (including phenoxy) is 1. The Balaban J connectivity index is 2.23. The lowest BCUT2D eigenvalue weighted by molar-refractivity contribution is -0.137. The highest BCUT2D eigenvalue weighted by molar-refractivity contribution is 6.37. The minimum Gasteiger partial charge on any atom is -0.436 e. The molecule has 0 heterocycles. The lowest BCUT2D eigenvalue weighted by atomic mass is 10.1. The molecule has 0 radical (unpaired) electrons. The molecule has 0 fully saturated rings. The van der Waals surface area contributed by atoms with Gasteiger partial charge in [0.05, 0.1) is 15.6 Å². The number of halogens is 6. The molecule has 132 valence electrons. The highest BCUT2D eigenvalue weighted by Crippen LogP contribution is 2.40. The van der Waals surface area contributed by atoms with Gasteiger partial charge in [-0.15, -0.1) is 0 Å². The molecule has 0 amide bonds. The zero-order chi connectivity index (χ0) is 18.8. The zero-order valence-electron chi connectivity index (χ0n) is 12.3. The minimum atomic E-state index is -4.60. The summed E-state index contributed by atoms with van der Waals surface area (Å²) in [6.45, 7) is 0. The van der Waals surface area contributed by atoms with Gasteiger partial charge < -0.3 is 10.5 Å². The molecule has 0 spiro atoms. The number of benzene rings is 2. The van der Waals surface area contributed by atoms with Gasteiger partial charge in [0.1, 0.15) is 0 Å². The second-order valence-electron chi connectivity index (χ2n) is 4.84. The summed E-state index contributed by atoms with van der Waals surface area (Å²) in [5.41, 5.74) is 5.60. The van der Waals surface area contributed by atoms with Gasteiger partial charge in [-0.2, -0.15) is 13.2 Å². The Morgan fingerprint density at radius 2 is 1.56 bits per heavy atom. The van der Waals surface area contributed by atoms with Crippen molar-refractivity contribution in [3.05, 3.63) is 68.7 Å². The van der Waals surface area contributed by atoms with Gasteiger partial charge in [0.2, 0.25) is 5.90 Å². The first-order valence-corrected chi connectivity index (χ1v) is 7.77. The first kappa shape index (κ1) is 19.4. The summed E-state index contributed by atoms with van der Waals surface area (Å²) in [5, 5.41) is 7.55. The molecular weight excluding hydrogens is 400 g/mol. The maximum Gasteiger partial charge on any atom is 0.416 e. The number of hydrogen-bond donors (Lipinski definition) is 2. The van der Waals surface area contributed by atoms with Crippen LogP contribution in [0.25, 0.3) is 5.70 Å². The molecule has 0 saturated carbocycles. The number of alkyl halides is 3. The molecule has 0 atom stereocenters. The average Bonchev–Trinajstić information content (AvgIpc) is 2.50. The Bertz CT molecular complexity index is 811. The molecule has 0 aliphatic carbocycles. The number of hydrogen-bond acceptors (Lipinski definition) is 3. The van der Waals surface area contributed by atoms with E-state index in [1.807, 2.05) is 0 Å². The van der Waals surface area contributed by atoms with Crippen LogP contribution in [0.4, 0.5) is 13.2 Å². The molecule has 3 N–H and O–H groups in total. The van der Waals surface area contributed by atoms with Crippen LogP contribution < -0.4 is 10.5 Å². The summed E-state index contributed by atoms with van der Waals surface area (Å²) < 4.78 is 43.2. The monoisotopic (exact) mass is 408 g/mol. The van der Waals surface area contributed by atoms with Gasteiger partial charge in [0.15, 0.2) is 5.75 Å². The fourth-order valence-electron chi connectivity index (χ4n) is 1.83. The molecule has 0 unspecified atom stereocenters. The van der Waals surface area contributed by atoms with Crippen molar-refractivity contribution in [3.63, 3.8) is 0 Å². The van der Waals surface area contributed by atoms with Gasteiger partial charge >= 0.3 is 6.18 Å². The van der Waals surface area contributed by atoms with Crippen molar-refractivity contribution in [1.29, 1.82) is 5.41 Å². The third kappa shape index (κ3) is 5.04. The first-order chi connectivity index (χ1) is 11.6. The van der Waals surface area contributed by atoms with Gasteiger partial charge in [0, 0.05) is 16.8 Å². The van der Waals surface area contributed by atoms with E-state index in [1.54, 1.807) is 24.3 Å². The van der Waals surface area contributed by atoms with Crippen LogP contribution in [-0.2, 0) is 6.18 Å². The van der Waals surface area contributed by atoms with E-state index in [2.05, 4.69) is 0 Å². The highest BCUT2D eigenvalue weighted by Gasteiger charge is 2.32. The van der Waals surface area contributed by atoms with E-state index in [4.69, 9.17) is 50.7 Å². The van der Waals surface area contributed by atoms with Gasteiger partial charge in [0.25, 0.3) is 0 Å². The summed E-state index contributed by atoms with van der Waals surface area (Å²) in [6, 6.07) is 7.85. The van der Waals surface area contributed by atoms with Crippen LogP contribution in [0.5, 0.6) is 5.75 Å². The summed E-state index contributed by atoms with van der Waals surface area (Å²) in [4.78, 5) is 0. The van der Waals surface area contributed by atoms with Gasteiger partial charge in [-0.1, -0.05) is 46.9 Å². The van der Waals surface area contributed by atoms with E-state index in [-0.39, 0.29) is 21.5 Å². The maximum atomic E-state index is 12.7. The predicted molar refractivity (Wildman–Crippen MR) is 93.4 cm³/mol. The topological polar surface area (TPSA) is 59.1 Å². The van der Waals surface area contributed by atoms with Gasteiger partial charge in [-0.3, -0.25) is 5.41 Å². The molecule has 2 rings (SSSR count). The van der Waals surface area contributed by atoms with Crippen LogP contribution >= 0.6 is 34.8 Å². The van der Waals surface area contributed by atoms with Crippen LogP contribution in [0.15, 0.2) is 42.5 Å². The smallest absolute Gasteiger partial charge is 0.416 e. The molecule has 2 aromatic rings. The third-order valence-electron chi connectivity index (χ3n) is 3.00. The van der Waals surface area contributed by atoms with E-state index < -0.39 is 17.6 Å². The summed E-state index contributed by atoms with van der Waals surface area (Å²) in [6.07, 6.45) is -3.42. The van der Waals surface area contributed by atoms with E-state index >= 15 is 0 Å². The van der Waals surface area contributed by atoms with Crippen LogP contribution in [0, 0.1) is 5.41 Å². The lowest BCUT2D eigenvalue weighted by Gasteiger charge is -2.12. The molecule has 25 heavy (non-hydrogen) atoms. The molecular formula is C16H10Cl3F3N2O. The quantitative estimate of drug-likeness (QED) is 0.481. The maximum absolute atomic E-state index is 12.7. The second kappa shape index (κ2) is 7.56. The second-order valence-corrected chi connectivity index (χ2v) is 6.09. The molecule has 3 nitrogen and oxygen atoms in total. The van der Waals surface area contributed by atoms with E-state index in [0.717, 1.165) is 0 Å². The van der Waals surface area contributed by atoms with Crippen molar-refractivity contribution < 1.29 is 17.9 Å². The van der Waals surface area contributed by atoms with Gasteiger partial charge in [-0.25, -0.2) is 0 Å². The van der Waals surface area contributed by atoms with Crippen LogP contribution in [0.2, 0.25) is 15.1 Å². The van der Waals surface area contributed by atoms with Crippen LogP contribution in [0.3, 0.4) is 0 Å². The van der Waals surface area contributed by atoms with Crippen molar-refractivity contribution >= 4 is 46.4 Å². The minimum absolute atomic E-state index is 0.195. The lowest BCUT2D eigenvalue weighted by Crippen LogP contribution is -2.09. The summed E-state index contributed by atoms with van der Waals surface area (Å²) >= 11 is 17.3. The van der Waals surface area contributed by atoms with Crippen molar-refractivity contribution in [2.45, 2.75) is 6.18 Å². The van der Waals surface area contributed by atoms with Crippen LogP contribution in [-0.4, -0.2) is 5.90 Å². The number of rotatable bonds is 3. The summed E-state index contributed by atoms with van der Waals surface area (Å²) in [5.74, 6) is -0.711. The Morgan fingerprint density at radius 3 is 2.04 bits per heavy atom. The molecule has 0 aromatic heterocycles. The standard InChI is InChI=1S/C16H10Cl3F3N2O/c17-10-3-1-8(2-4-10)13(23)7-14(24)25-15-11(18)5-9(6-12(15)19)16(20,21)22/h1-7,24H,23H2/b13-7-,24-14?. The Kier molecular flexibility index (Phi) is 5.87. The van der Waals surface area contributed by atoms with E-state index in [0.29, 0.717) is 22.7 Å². The van der Waals surface area contributed by atoms with Crippen LogP contribution in [0.1, 0.15) is 11.1 Å². The largest absolute Gasteiger partial charge is 0.436 e. The molecule has 0 saturated heterocycles. The molecule has 0 bridgehead atoms. The fourth-order valence-corrected chi connectivity index (χ4v) is 2.52. The fraction of sp³-hybridized carbons (Fsp3) is 0.0625. The Labute approximate surface area is 156 Å². The molecule has 0 aliphatic heterocycles. The van der Waals surface area contributed by atoms with E-state index in [9.17, 15) is 13.2 Å². The molecule has 2 aromatic carbocycles. The summed E-state index contributed by atoms with van der Waals surface area (Å²) in [7, 11) is 0. The number of nitrogens with two attached hydrogens (primary N) is 1. The Hall–Kier alpha value is -1.89. The highest BCUT2D eigenvalue weighted by atomic mass is 35.5. The van der Waals surface area contributed by atoms with Crippen molar-refractivity contribution in [2.24, 2.45) is 5.73 Å². The zero-order valence-corrected chi connectivity index (χ0v) is 14.6. The van der Waals surface area contributed by atoms with Crippen molar-refractivity contribution in [3.8, 4) is 5.75 Å². The third-order valence-corrected chi connectivity index (χ3v) is 3.82. The first-order valence-electron chi connectivity index (χ1n) is 6.63. The van der Waals surface area contributed by atoms with E-state index in [1.165, 1.54) is 6.08 Å². The predicted octanol–water partition coefficient (Wildman–Crippen LogP) is 6.02. The Morgan fingerprint density at radius 1 is 1.04 bits per heavy atom. The molecule has 0 aliphatic rings. The van der Waals surface area contributed by atoms with Crippen molar-refractivity contribution in [2.75, 3.05) is 0 Å².